The molecular weight excluding hydrogens is 535 g/mol. The Morgan fingerprint density at radius 2 is 1.85 bits per heavy atom. The van der Waals surface area contributed by atoms with Crippen LogP contribution in [0.2, 0.25) is 5.02 Å². The first-order chi connectivity index (χ1) is 18.8. The third kappa shape index (κ3) is 5.72. The maximum atomic E-state index is 14.4. The van der Waals surface area contributed by atoms with Crippen LogP contribution in [-0.2, 0) is 9.59 Å². The van der Waals surface area contributed by atoms with Gasteiger partial charge in [-0.15, -0.1) is 11.8 Å². The zero-order valence-corrected chi connectivity index (χ0v) is 23.2. The average Bonchev–Trinajstić information content (AvgIpc) is 3.24. The quantitative estimate of drug-likeness (QED) is 0.288. The van der Waals surface area contributed by atoms with Gasteiger partial charge in [0.25, 0.3) is 0 Å². The van der Waals surface area contributed by atoms with Crippen molar-refractivity contribution in [3.63, 3.8) is 0 Å². The molecule has 1 atom stereocenters. The molecule has 0 saturated carbocycles. The first kappa shape index (κ1) is 27.0. The molecule has 1 aromatic heterocycles. The van der Waals surface area contributed by atoms with Crippen molar-refractivity contribution in [2.24, 2.45) is 5.92 Å². The average molecular weight is 563 g/mol. The van der Waals surface area contributed by atoms with Gasteiger partial charge in [0.1, 0.15) is 18.2 Å². The van der Waals surface area contributed by atoms with Crippen LogP contribution in [0, 0.1) is 11.7 Å². The van der Waals surface area contributed by atoms with Gasteiger partial charge in [0, 0.05) is 17.7 Å². The maximum Gasteiger partial charge on any atom is 0.240 e. The molecular formula is C30H28ClFN4O2S. The summed E-state index contributed by atoms with van der Waals surface area (Å²) in [7, 11) is 0. The van der Waals surface area contributed by atoms with Crippen LogP contribution in [0.3, 0.4) is 0 Å². The zero-order valence-electron chi connectivity index (χ0n) is 21.6. The highest BCUT2D eigenvalue weighted by molar-refractivity contribution is 8.00. The fourth-order valence-electron chi connectivity index (χ4n) is 4.57. The molecule has 4 aromatic rings. The van der Waals surface area contributed by atoms with Gasteiger partial charge >= 0.3 is 0 Å². The zero-order chi connectivity index (χ0) is 27.5. The summed E-state index contributed by atoms with van der Waals surface area (Å²) in [5.41, 5.74) is 3.47. The van der Waals surface area contributed by atoms with Crippen molar-refractivity contribution in [2.75, 3.05) is 23.7 Å². The molecule has 0 saturated heterocycles. The number of amides is 2. The SMILES string of the molecule is CC(C)CNC(=O)CN1C(=O)CS[C@@H](c2cccc(F)c2)c2c(-c3ccccc3)nn(-c3ccccc3Cl)c21. The molecule has 1 aliphatic heterocycles. The second kappa shape index (κ2) is 11.6. The number of rotatable bonds is 7. The number of fused-ring (bicyclic) bond motifs is 1. The largest absolute Gasteiger partial charge is 0.354 e. The molecule has 0 unspecified atom stereocenters. The minimum absolute atomic E-state index is 0.101. The molecule has 0 spiro atoms. The lowest BCUT2D eigenvalue weighted by atomic mass is 9.99. The smallest absolute Gasteiger partial charge is 0.240 e. The lowest BCUT2D eigenvalue weighted by Crippen LogP contribution is -2.43. The van der Waals surface area contributed by atoms with E-state index >= 15 is 0 Å². The van der Waals surface area contributed by atoms with Crippen LogP contribution in [0.1, 0.15) is 30.2 Å². The second-order valence-corrected chi connectivity index (χ2v) is 11.2. The summed E-state index contributed by atoms with van der Waals surface area (Å²) in [6, 6.07) is 23.3. The van der Waals surface area contributed by atoms with Crippen molar-refractivity contribution >= 4 is 41.0 Å². The molecule has 5 rings (SSSR count). The molecule has 39 heavy (non-hydrogen) atoms. The Hall–Kier alpha value is -3.62. The summed E-state index contributed by atoms with van der Waals surface area (Å²) in [6.07, 6.45) is 0. The first-order valence-corrected chi connectivity index (χ1v) is 14.1. The molecule has 1 N–H and O–H groups in total. The Kier molecular flexibility index (Phi) is 8.04. The third-order valence-electron chi connectivity index (χ3n) is 6.38. The van der Waals surface area contributed by atoms with Crippen LogP contribution in [0.15, 0.2) is 78.9 Å². The topological polar surface area (TPSA) is 67.2 Å². The van der Waals surface area contributed by atoms with Crippen molar-refractivity contribution < 1.29 is 14.0 Å². The fourth-order valence-corrected chi connectivity index (χ4v) is 5.97. The van der Waals surface area contributed by atoms with Crippen LogP contribution in [0.25, 0.3) is 16.9 Å². The monoisotopic (exact) mass is 562 g/mol. The van der Waals surface area contributed by atoms with Gasteiger partial charge in [0.15, 0.2) is 0 Å². The molecule has 3 aromatic carbocycles. The van der Waals surface area contributed by atoms with E-state index in [4.69, 9.17) is 16.7 Å². The van der Waals surface area contributed by atoms with E-state index in [-0.39, 0.29) is 35.8 Å². The summed E-state index contributed by atoms with van der Waals surface area (Å²) >= 11 is 8.04. The molecule has 1 aliphatic rings. The Morgan fingerprint density at radius 1 is 1.10 bits per heavy atom. The minimum atomic E-state index is -0.421. The number of aromatic nitrogens is 2. The number of benzene rings is 3. The van der Waals surface area contributed by atoms with Crippen LogP contribution < -0.4 is 10.2 Å². The number of hydrogen-bond donors (Lipinski definition) is 1. The van der Waals surface area contributed by atoms with Gasteiger partial charge in [-0.05, 0) is 35.7 Å². The van der Waals surface area contributed by atoms with E-state index in [1.807, 2.05) is 68.4 Å². The molecule has 0 aliphatic carbocycles. The van der Waals surface area contributed by atoms with Gasteiger partial charge in [0.2, 0.25) is 11.8 Å². The van der Waals surface area contributed by atoms with Gasteiger partial charge in [0.05, 0.1) is 27.4 Å². The second-order valence-electron chi connectivity index (χ2n) is 9.74. The predicted octanol–water partition coefficient (Wildman–Crippen LogP) is 6.27. The van der Waals surface area contributed by atoms with Gasteiger partial charge < -0.3 is 5.32 Å². The molecule has 6 nitrogen and oxygen atoms in total. The summed E-state index contributed by atoms with van der Waals surface area (Å²) in [6.45, 7) is 4.33. The summed E-state index contributed by atoms with van der Waals surface area (Å²) < 4.78 is 16.1. The number of hydrogen-bond acceptors (Lipinski definition) is 4. The number of halogens is 2. The standard InChI is InChI=1S/C30H28ClFN4O2S/c1-19(2)16-33-25(37)17-35-26(38)18-39-29(21-11-8-12-22(32)15-21)27-28(20-9-4-3-5-10-20)34-36(30(27)35)24-14-7-6-13-23(24)31/h3-15,19,29H,16-18H2,1-2H3,(H,33,37)/t29-/m0/s1. The molecule has 0 fully saturated rings. The molecule has 2 heterocycles. The van der Waals surface area contributed by atoms with E-state index in [1.54, 1.807) is 16.8 Å². The van der Waals surface area contributed by atoms with E-state index in [0.29, 0.717) is 34.3 Å². The van der Waals surface area contributed by atoms with Crippen LogP contribution >= 0.6 is 23.4 Å². The van der Waals surface area contributed by atoms with Crippen molar-refractivity contribution in [2.45, 2.75) is 19.1 Å². The number of thioether (sulfide) groups is 1. The van der Waals surface area contributed by atoms with E-state index in [9.17, 15) is 14.0 Å². The Balaban J connectivity index is 1.78. The van der Waals surface area contributed by atoms with Crippen molar-refractivity contribution in [3.05, 3.63) is 101 Å². The Bertz CT molecular complexity index is 1510. The number of nitrogens with zero attached hydrogens (tertiary/aromatic N) is 3. The Morgan fingerprint density at radius 3 is 2.56 bits per heavy atom. The minimum Gasteiger partial charge on any atom is -0.354 e. The predicted molar refractivity (Wildman–Crippen MR) is 155 cm³/mol. The van der Waals surface area contributed by atoms with E-state index in [1.165, 1.54) is 28.8 Å². The van der Waals surface area contributed by atoms with Gasteiger partial charge in [-0.1, -0.05) is 80.0 Å². The van der Waals surface area contributed by atoms with Gasteiger partial charge in [-0.25, -0.2) is 9.07 Å². The lowest BCUT2D eigenvalue weighted by molar-refractivity contribution is -0.123. The number of carbonyl (C=O) groups excluding carboxylic acids is 2. The van der Waals surface area contributed by atoms with Gasteiger partial charge in [-0.2, -0.15) is 5.10 Å². The molecule has 0 bridgehead atoms. The normalized spacial score (nSPS) is 15.3. The molecule has 9 heteroatoms. The van der Waals surface area contributed by atoms with E-state index in [0.717, 1.165) is 11.1 Å². The highest BCUT2D eigenvalue weighted by Crippen LogP contribution is 2.48. The van der Waals surface area contributed by atoms with E-state index in [2.05, 4.69) is 5.32 Å². The van der Waals surface area contributed by atoms with Crippen molar-refractivity contribution in [3.8, 4) is 16.9 Å². The van der Waals surface area contributed by atoms with Crippen molar-refractivity contribution in [1.29, 1.82) is 0 Å². The highest BCUT2D eigenvalue weighted by Gasteiger charge is 2.38. The number of carbonyl (C=O) groups is 2. The van der Waals surface area contributed by atoms with Gasteiger partial charge in [-0.3, -0.25) is 14.5 Å². The first-order valence-electron chi connectivity index (χ1n) is 12.7. The van der Waals surface area contributed by atoms with Crippen LogP contribution in [-0.4, -0.2) is 40.4 Å². The summed E-state index contributed by atoms with van der Waals surface area (Å²) in [5.74, 6) is -0.0705. The molecule has 2 amide bonds. The summed E-state index contributed by atoms with van der Waals surface area (Å²) in [5, 5.41) is 7.94. The lowest BCUT2D eigenvalue weighted by Gasteiger charge is -2.23. The third-order valence-corrected chi connectivity index (χ3v) is 7.95. The number of nitrogens with one attached hydrogen (secondary N) is 1. The van der Waals surface area contributed by atoms with Crippen LogP contribution in [0.5, 0.6) is 0 Å². The van der Waals surface area contributed by atoms with Crippen molar-refractivity contribution in [1.82, 2.24) is 15.1 Å². The number of para-hydroxylation sites is 1. The van der Waals surface area contributed by atoms with Crippen LogP contribution in [0.4, 0.5) is 10.2 Å². The summed E-state index contributed by atoms with van der Waals surface area (Å²) in [4.78, 5) is 28.2. The van der Waals surface area contributed by atoms with E-state index < -0.39 is 5.25 Å². The maximum absolute atomic E-state index is 14.4. The molecule has 0 radical (unpaired) electrons. The molecule has 200 valence electrons. The highest BCUT2D eigenvalue weighted by atomic mass is 35.5. The number of anilines is 1. The Labute approximate surface area is 236 Å². The fraction of sp³-hybridized carbons (Fsp3) is 0.233.